The molecule has 0 radical (unpaired) electrons. The highest BCUT2D eigenvalue weighted by atomic mass is 35.5. The number of nitrogens with one attached hydrogen (secondary N) is 2. The van der Waals surface area contributed by atoms with Gasteiger partial charge in [0.15, 0.2) is 10.9 Å². The predicted octanol–water partition coefficient (Wildman–Crippen LogP) is 4.68. The number of aliphatic hydroxyl groups is 1. The van der Waals surface area contributed by atoms with Crippen LogP contribution in [0.5, 0.6) is 5.75 Å². The van der Waals surface area contributed by atoms with Gasteiger partial charge in [0.1, 0.15) is 23.4 Å². The fourth-order valence-electron chi connectivity index (χ4n) is 4.72. The number of amides is 1. The van der Waals surface area contributed by atoms with Crippen LogP contribution in [0.3, 0.4) is 0 Å². The minimum Gasteiger partial charge on any atom is -0.492 e. The van der Waals surface area contributed by atoms with Crippen LogP contribution in [0.15, 0.2) is 36.9 Å². The third kappa shape index (κ3) is 6.87. The first-order valence-corrected chi connectivity index (χ1v) is 14.3. The lowest BCUT2D eigenvalue weighted by Crippen LogP contribution is -2.35. The smallest absolute Gasteiger partial charge is 0.229 e. The molecular formula is C27H31ClFN7O3S. The third-order valence-corrected chi connectivity index (χ3v) is 8.14. The highest BCUT2D eigenvalue weighted by molar-refractivity contribution is 7.15. The summed E-state index contributed by atoms with van der Waals surface area (Å²) in [7, 11) is 0. The van der Waals surface area contributed by atoms with Gasteiger partial charge in [-0.05, 0) is 63.4 Å². The number of nitrogens with zero attached hydrogens (tertiary/aromatic N) is 5. The van der Waals surface area contributed by atoms with E-state index >= 15 is 0 Å². The van der Waals surface area contributed by atoms with Crippen LogP contribution in [0.25, 0.3) is 5.52 Å². The topological polar surface area (TPSA) is 117 Å². The number of likely N-dealkylation sites (tertiary alicyclic amines) is 1. The summed E-state index contributed by atoms with van der Waals surface area (Å²) in [5.74, 6) is 0.970. The summed E-state index contributed by atoms with van der Waals surface area (Å²) >= 11 is 7.13. The second kappa shape index (κ2) is 12.9. The first-order chi connectivity index (χ1) is 19.4. The van der Waals surface area contributed by atoms with E-state index in [2.05, 4.69) is 30.6 Å². The number of ether oxygens (including phenoxy) is 1. The third-order valence-electron chi connectivity index (χ3n) is 6.94. The van der Waals surface area contributed by atoms with Crippen molar-refractivity contribution in [3.05, 3.63) is 58.2 Å². The molecule has 1 aromatic carbocycles. The maximum atomic E-state index is 13.4. The molecule has 4 heterocycles. The normalized spacial score (nSPS) is 14.5. The highest BCUT2D eigenvalue weighted by Gasteiger charge is 2.19. The number of piperidine rings is 1. The minimum atomic E-state index is -0.542. The Kier molecular flexibility index (Phi) is 9.10. The van der Waals surface area contributed by atoms with Crippen LogP contribution in [-0.4, -0.2) is 68.3 Å². The molecule has 13 heteroatoms. The zero-order chi connectivity index (χ0) is 28.1. The van der Waals surface area contributed by atoms with Crippen molar-refractivity contribution in [1.82, 2.24) is 24.5 Å². The van der Waals surface area contributed by atoms with Crippen molar-refractivity contribution in [3.63, 3.8) is 0 Å². The average Bonchev–Trinajstić information content (AvgIpc) is 3.52. The minimum absolute atomic E-state index is 0.0532. The van der Waals surface area contributed by atoms with Crippen molar-refractivity contribution >= 4 is 51.0 Å². The van der Waals surface area contributed by atoms with Gasteiger partial charge < -0.3 is 25.4 Å². The Morgan fingerprint density at radius 3 is 2.90 bits per heavy atom. The van der Waals surface area contributed by atoms with Gasteiger partial charge in [0, 0.05) is 35.5 Å². The van der Waals surface area contributed by atoms with Gasteiger partial charge >= 0.3 is 0 Å². The lowest BCUT2D eigenvalue weighted by atomic mass is 9.98. The molecule has 4 aromatic rings. The van der Waals surface area contributed by atoms with Gasteiger partial charge in [-0.25, -0.2) is 18.9 Å². The maximum Gasteiger partial charge on any atom is 0.229 e. The number of benzene rings is 1. The molecule has 0 spiro atoms. The van der Waals surface area contributed by atoms with Crippen molar-refractivity contribution in [1.29, 1.82) is 0 Å². The summed E-state index contributed by atoms with van der Waals surface area (Å²) in [5, 5.41) is 20.1. The molecule has 0 atom stereocenters. The lowest BCUT2D eigenvalue weighted by Gasteiger charge is -2.30. The van der Waals surface area contributed by atoms with Crippen LogP contribution in [0.1, 0.15) is 29.7 Å². The van der Waals surface area contributed by atoms with E-state index in [-0.39, 0.29) is 24.0 Å². The van der Waals surface area contributed by atoms with Crippen LogP contribution in [-0.2, 0) is 11.2 Å². The molecule has 1 saturated heterocycles. The van der Waals surface area contributed by atoms with E-state index in [9.17, 15) is 14.3 Å². The Morgan fingerprint density at radius 2 is 2.12 bits per heavy atom. The first kappa shape index (κ1) is 28.2. The molecule has 3 N–H and O–H groups in total. The summed E-state index contributed by atoms with van der Waals surface area (Å²) in [4.78, 5) is 24.4. The molecule has 1 amide bonds. The number of aromatic nitrogens is 4. The Morgan fingerprint density at radius 1 is 1.30 bits per heavy atom. The molecule has 0 bridgehead atoms. The van der Waals surface area contributed by atoms with Crippen LogP contribution >= 0.6 is 22.9 Å². The number of anilines is 3. The second-order valence-electron chi connectivity index (χ2n) is 9.80. The van der Waals surface area contributed by atoms with E-state index < -0.39 is 5.82 Å². The molecule has 0 aliphatic carbocycles. The van der Waals surface area contributed by atoms with Gasteiger partial charge in [-0.15, -0.1) is 11.3 Å². The van der Waals surface area contributed by atoms with E-state index in [1.807, 2.05) is 13.1 Å². The Labute approximate surface area is 240 Å². The number of carbonyl (C=O) groups is 1. The summed E-state index contributed by atoms with van der Waals surface area (Å²) in [6.07, 6.45) is 8.07. The standard InChI is InChI=1S/C27H31ClFN7O3S/c1-17-23(39-10-2-7-35-8-5-18(15-37)6-9-35)14-36-25(17)26(31-16-32-36)34-27-30-13-20(40-27)12-24(38)33-19-3-4-22(29)21(28)11-19/h3-4,11,13-14,16,18,37H,2,5-10,12,15H2,1H3,(H,33,38)(H,30,31,32,34). The molecule has 5 rings (SSSR count). The fraction of sp³-hybridized carbons (Fsp3) is 0.407. The average molecular weight is 588 g/mol. The molecule has 10 nitrogen and oxygen atoms in total. The number of fused-ring (bicyclic) bond motifs is 1. The van der Waals surface area contributed by atoms with Crippen LogP contribution in [0.2, 0.25) is 5.02 Å². The second-order valence-corrected chi connectivity index (χ2v) is 11.3. The van der Waals surface area contributed by atoms with Gasteiger partial charge in [-0.3, -0.25) is 4.79 Å². The molecule has 3 aromatic heterocycles. The van der Waals surface area contributed by atoms with Crippen molar-refractivity contribution in [2.24, 2.45) is 5.92 Å². The van der Waals surface area contributed by atoms with Gasteiger partial charge in [0.2, 0.25) is 5.91 Å². The SMILES string of the molecule is Cc1c(OCCCN2CCC(CO)CC2)cn2ncnc(Nc3ncc(CC(=O)Nc4ccc(F)c(Cl)c4)s3)c12. The number of rotatable bonds is 11. The van der Waals surface area contributed by atoms with Crippen LogP contribution < -0.4 is 15.4 Å². The van der Waals surface area contributed by atoms with E-state index in [1.165, 1.54) is 35.9 Å². The van der Waals surface area contributed by atoms with E-state index in [0.29, 0.717) is 29.2 Å². The summed E-state index contributed by atoms with van der Waals surface area (Å²) in [6, 6.07) is 4.04. The van der Waals surface area contributed by atoms with E-state index in [0.717, 1.165) is 60.6 Å². The largest absolute Gasteiger partial charge is 0.492 e. The molecule has 1 fully saturated rings. The number of carbonyl (C=O) groups excluding carboxylic acids is 1. The molecule has 0 unspecified atom stereocenters. The van der Waals surface area contributed by atoms with E-state index in [4.69, 9.17) is 16.3 Å². The quantitative estimate of drug-likeness (QED) is 0.217. The number of hydrogen-bond acceptors (Lipinski definition) is 9. The highest BCUT2D eigenvalue weighted by Crippen LogP contribution is 2.31. The summed E-state index contributed by atoms with van der Waals surface area (Å²) < 4.78 is 21.2. The zero-order valence-corrected chi connectivity index (χ0v) is 23.6. The molecule has 212 valence electrons. The number of hydrogen-bond donors (Lipinski definition) is 3. The molecule has 0 saturated carbocycles. The van der Waals surface area contributed by atoms with Crippen molar-refractivity contribution in [2.75, 3.05) is 43.5 Å². The van der Waals surface area contributed by atoms with Gasteiger partial charge in [0.05, 0.1) is 24.2 Å². The van der Waals surface area contributed by atoms with Crippen molar-refractivity contribution in [2.45, 2.75) is 32.6 Å². The Balaban J connectivity index is 1.16. The fourth-order valence-corrected chi connectivity index (χ4v) is 5.71. The van der Waals surface area contributed by atoms with E-state index in [1.54, 1.807) is 10.7 Å². The summed E-state index contributed by atoms with van der Waals surface area (Å²) in [5.41, 5.74) is 2.12. The maximum absolute atomic E-state index is 13.4. The Hall–Kier alpha value is -3.32. The molecule has 1 aliphatic rings. The summed E-state index contributed by atoms with van der Waals surface area (Å²) in [6.45, 7) is 5.87. The van der Waals surface area contributed by atoms with Crippen LogP contribution in [0.4, 0.5) is 21.0 Å². The predicted molar refractivity (Wildman–Crippen MR) is 153 cm³/mol. The number of aliphatic hydroxyl groups excluding tert-OH is 1. The number of thiazole rings is 1. The molecule has 40 heavy (non-hydrogen) atoms. The number of halogens is 2. The van der Waals surface area contributed by atoms with Gasteiger partial charge in [0.25, 0.3) is 0 Å². The van der Waals surface area contributed by atoms with Crippen molar-refractivity contribution < 1.29 is 19.0 Å². The molecular weight excluding hydrogens is 557 g/mol. The molecule has 1 aliphatic heterocycles. The monoisotopic (exact) mass is 587 g/mol. The van der Waals surface area contributed by atoms with Gasteiger partial charge in [-0.2, -0.15) is 5.10 Å². The lowest BCUT2D eigenvalue weighted by molar-refractivity contribution is -0.115. The van der Waals surface area contributed by atoms with Crippen molar-refractivity contribution in [3.8, 4) is 5.75 Å². The van der Waals surface area contributed by atoms with Crippen LogP contribution in [0, 0.1) is 18.7 Å². The van der Waals surface area contributed by atoms with Gasteiger partial charge in [-0.1, -0.05) is 11.6 Å². The zero-order valence-electron chi connectivity index (χ0n) is 22.1. The number of aryl methyl sites for hydroxylation is 1. The Bertz CT molecular complexity index is 1470. The first-order valence-electron chi connectivity index (χ1n) is 13.1.